The molecule has 3 rings (SSSR count). The van der Waals surface area contributed by atoms with E-state index in [9.17, 15) is 4.79 Å². The predicted octanol–water partition coefficient (Wildman–Crippen LogP) is 3.01. The van der Waals surface area contributed by atoms with Crippen molar-refractivity contribution in [3.8, 4) is 16.9 Å². The molecule has 1 saturated heterocycles. The number of hydrogen-bond acceptors (Lipinski definition) is 4. The Balaban J connectivity index is 1.55. The molecule has 0 spiro atoms. The molecule has 0 N–H and O–H groups in total. The fourth-order valence-electron chi connectivity index (χ4n) is 3.46. The highest BCUT2D eigenvalue weighted by Gasteiger charge is 2.19. The van der Waals surface area contributed by atoms with Gasteiger partial charge in [0.25, 0.3) is 5.56 Å². The Bertz CT molecular complexity index is 768. The van der Waals surface area contributed by atoms with E-state index < -0.39 is 0 Å². The van der Waals surface area contributed by atoms with E-state index in [1.165, 1.54) is 24.1 Å². The van der Waals surface area contributed by atoms with Gasteiger partial charge in [0.1, 0.15) is 5.75 Å². The van der Waals surface area contributed by atoms with E-state index >= 15 is 0 Å². The normalized spacial score (nSPS) is 17.8. The van der Waals surface area contributed by atoms with E-state index in [0.29, 0.717) is 0 Å². The van der Waals surface area contributed by atoms with Crippen LogP contribution in [0, 0.1) is 6.92 Å². The Morgan fingerprint density at radius 1 is 1.28 bits per heavy atom. The van der Waals surface area contributed by atoms with E-state index in [2.05, 4.69) is 16.9 Å². The Labute approximate surface area is 149 Å². The van der Waals surface area contributed by atoms with Crippen LogP contribution in [0.15, 0.2) is 35.1 Å². The zero-order chi connectivity index (χ0) is 17.8. The van der Waals surface area contributed by atoms with Gasteiger partial charge in [0.05, 0.1) is 12.3 Å². The van der Waals surface area contributed by atoms with E-state index in [1.54, 1.807) is 13.1 Å². The van der Waals surface area contributed by atoms with Crippen LogP contribution in [0.5, 0.6) is 5.75 Å². The smallest absolute Gasteiger partial charge is 0.267 e. The summed E-state index contributed by atoms with van der Waals surface area (Å²) < 4.78 is 7.22. The van der Waals surface area contributed by atoms with Crippen molar-refractivity contribution in [1.82, 2.24) is 14.7 Å². The number of benzene rings is 1. The van der Waals surface area contributed by atoms with Crippen molar-refractivity contribution in [1.29, 1.82) is 0 Å². The molecule has 0 radical (unpaired) electrons. The average molecular weight is 341 g/mol. The molecule has 5 nitrogen and oxygen atoms in total. The minimum absolute atomic E-state index is 0.0999. The predicted molar refractivity (Wildman–Crippen MR) is 100 cm³/mol. The summed E-state index contributed by atoms with van der Waals surface area (Å²) in [7, 11) is 1.67. The minimum Gasteiger partial charge on any atom is -0.494 e. The zero-order valence-electron chi connectivity index (χ0n) is 15.4. The van der Waals surface area contributed by atoms with Gasteiger partial charge >= 0.3 is 0 Å². The van der Waals surface area contributed by atoms with Gasteiger partial charge in [0, 0.05) is 31.3 Å². The van der Waals surface area contributed by atoms with E-state index in [1.807, 2.05) is 31.2 Å². The van der Waals surface area contributed by atoms with Crippen LogP contribution in [0.4, 0.5) is 0 Å². The summed E-state index contributed by atoms with van der Waals surface area (Å²) in [6.07, 6.45) is 3.68. The number of ether oxygens (including phenoxy) is 1. The second kappa shape index (κ2) is 7.83. The number of nitrogens with zero attached hydrogens (tertiary/aromatic N) is 3. The quantitative estimate of drug-likeness (QED) is 0.758. The van der Waals surface area contributed by atoms with Crippen LogP contribution >= 0.6 is 0 Å². The Hall–Kier alpha value is -2.14. The Morgan fingerprint density at radius 2 is 2.04 bits per heavy atom. The summed E-state index contributed by atoms with van der Waals surface area (Å²) >= 11 is 0. The van der Waals surface area contributed by atoms with Crippen molar-refractivity contribution < 1.29 is 4.74 Å². The standard InChI is InChI=1S/C20H27N3O2/c1-15-6-4-11-23(15)12-5-13-25-18-9-7-17(8-10-18)19-14-20(24)22(3)21-16(19)2/h7-10,14-15H,4-6,11-13H2,1-3H3/t15-/m1/s1. The Morgan fingerprint density at radius 3 is 2.72 bits per heavy atom. The first-order valence-corrected chi connectivity index (χ1v) is 9.07. The fourth-order valence-corrected chi connectivity index (χ4v) is 3.46. The van der Waals surface area contributed by atoms with Crippen molar-refractivity contribution in [2.45, 2.75) is 39.2 Å². The molecule has 1 aliphatic heterocycles. The van der Waals surface area contributed by atoms with Crippen molar-refractivity contribution in [2.75, 3.05) is 19.7 Å². The summed E-state index contributed by atoms with van der Waals surface area (Å²) in [6, 6.07) is 10.3. The molecule has 2 aromatic rings. The van der Waals surface area contributed by atoms with Crippen LogP contribution in [0.2, 0.25) is 0 Å². The topological polar surface area (TPSA) is 47.4 Å². The van der Waals surface area contributed by atoms with Crippen molar-refractivity contribution in [3.63, 3.8) is 0 Å². The van der Waals surface area contributed by atoms with Crippen LogP contribution in [-0.2, 0) is 7.05 Å². The molecule has 0 bridgehead atoms. The van der Waals surface area contributed by atoms with Crippen molar-refractivity contribution in [2.24, 2.45) is 7.05 Å². The van der Waals surface area contributed by atoms with E-state index in [4.69, 9.17) is 4.74 Å². The third-order valence-electron chi connectivity index (χ3n) is 4.99. The second-order valence-electron chi connectivity index (χ2n) is 6.86. The third kappa shape index (κ3) is 4.28. The van der Waals surface area contributed by atoms with Gasteiger partial charge in [0.15, 0.2) is 0 Å². The molecular weight excluding hydrogens is 314 g/mol. The van der Waals surface area contributed by atoms with Crippen LogP contribution in [-0.4, -0.2) is 40.4 Å². The number of aromatic nitrogens is 2. The van der Waals surface area contributed by atoms with Gasteiger partial charge in [-0.25, -0.2) is 4.68 Å². The van der Waals surface area contributed by atoms with E-state index in [0.717, 1.165) is 48.2 Å². The Kier molecular flexibility index (Phi) is 5.53. The van der Waals surface area contributed by atoms with Gasteiger partial charge in [-0.05, 0) is 57.4 Å². The molecule has 134 valence electrons. The van der Waals surface area contributed by atoms with Crippen LogP contribution < -0.4 is 10.3 Å². The van der Waals surface area contributed by atoms with Gasteiger partial charge in [-0.1, -0.05) is 12.1 Å². The van der Waals surface area contributed by atoms with Gasteiger partial charge in [-0.3, -0.25) is 4.79 Å². The zero-order valence-corrected chi connectivity index (χ0v) is 15.4. The molecule has 1 aromatic heterocycles. The molecule has 1 aliphatic rings. The molecule has 0 amide bonds. The highest BCUT2D eigenvalue weighted by molar-refractivity contribution is 5.65. The molecular formula is C20H27N3O2. The van der Waals surface area contributed by atoms with Crippen LogP contribution in [0.1, 0.15) is 31.9 Å². The maximum absolute atomic E-state index is 11.8. The molecule has 1 atom stereocenters. The molecule has 1 fully saturated rings. The fraction of sp³-hybridized carbons (Fsp3) is 0.500. The molecule has 0 aliphatic carbocycles. The third-order valence-corrected chi connectivity index (χ3v) is 4.99. The highest BCUT2D eigenvalue weighted by Crippen LogP contribution is 2.23. The second-order valence-corrected chi connectivity index (χ2v) is 6.86. The molecule has 1 aromatic carbocycles. The number of rotatable bonds is 6. The summed E-state index contributed by atoms with van der Waals surface area (Å²) in [5, 5.41) is 4.24. The molecule has 25 heavy (non-hydrogen) atoms. The molecule has 2 heterocycles. The van der Waals surface area contributed by atoms with Gasteiger partial charge in [-0.2, -0.15) is 5.10 Å². The lowest BCUT2D eigenvalue weighted by molar-refractivity contribution is 0.230. The van der Waals surface area contributed by atoms with Gasteiger partial charge < -0.3 is 9.64 Å². The number of likely N-dealkylation sites (tertiary alicyclic amines) is 1. The van der Waals surface area contributed by atoms with Gasteiger partial charge in [0.2, 0.25) is 0 Å². The molecule has 5 heteroatoms. The first-order valence-electron chi connectivity index (χ1n) is 9.07. The molecule has 0 saturated carbocycles. The first kappa shape index (κ1) is 17.7. The number of aryl methyl sites for hydroxylation is 2. The first-order chi connectivity index (χ1) is 12.0. The van der Waals surface area contributed by atoms with Crippen LogP contribution in [0.3, 0.4) is 0 Å². The van der Waals surface area contributed by atoms with Crippen molar-refractivity contribution in [3.05, 3.63) is 46.4 Å². The summed E-state index contributed by atoms with van der Waals surface area (Å²) in [5.41, 5.74) is 2.60. The minimum atomic E-state index is -0.0999. The lowest BCUT2D eigenvalue weighted by atomic mass is 10.1. The van der Waals surface area contributed by atoms with Crippen molar-refractivity contribution >= 4 is 0 Å². The summed E-state index contributed by atoms with van der Waals surface area (Å²) in [6.45, 7) is 7.28. The van der Waals surface area contributed by atoms with Gasteiger partial charge in [-0.15, -0.1) is 0 Å². The van der Waals surface area contributed by atoms with E-state index in [-0.39, 0.29) is 5.56 Å². The number of hydrogen-bond donors (Lipinski definition) is 0. The lowest BCUT2D eigenvalue weighted by Gasteiger charge is -2.20. The SMILES string of the molecule is Cc1nn(C)c(=O)cc1-c1ccc(OCCCN2CCC[C@H]2C)cc1. The monoisotopic (exact) mass is 341 g/mol. The largest absolute Gasteiger partial charge is 0.494 e. The van der Waals surface area contributed by atoms with Crippen LogP contribution in [0.25, 0.3) is 11.1 Å². The maximum atomic E-state index is 11.8. The average Bonchev–Trinajstić information content (AvgIpc) is 3.01. The summed E-state index contributed by atoms with van der Waals surface area (Å²) in [4.78, 5) is 14.4. The summed E-state index contributed by atoms with van der Waals surface area (Å²) in [5.74, 6) is 0.868. The highest BCUT2D eigenvalue weighted by atomic mass is 16.5. The lowest BCUT2D eigenvalue weighted by Crippen LogP contribution is -2.28. The molecule has 0 unspecified atom stereocenters. The maximum Gasteiger partial charge on any atom is 0.267 e.